The van der Waals surface area contributed by atoms with E-state index >= 15 is 0 Å². The average Bonchev–Trinajstić information content (AvgIpc) is 3.45. The molecule has 1 aliphatic heterocycles. The van der Waals surface area contributed by atoms with Gasteiger partial charge in [-0.2, -0.15) is 14.5 Å². The highest BCUT2D eigenvalue weighted by Crippen LogP contribution is 2.32. The van der Waals surface area contributed by atoms with Gasteiger partial charge in [-0.3, -0.25) is 0 Å². The third kappa shape index (κ3) is 3.17. The smallest absolute Gasteiger partial charge is 0.206 e. The van der Waals surface area contributed by atoms with Gasteiger partial charge in [0.2, 0.25) is 5.13 Å². The van der Waals surface area contributed by atoms with Gasteiger partial charge in [-0.15, -0.1) is 0 Å². The maximum Gasteiger partial charge on any atom is 0.206 e. The fourth-order valence-electron chi connectivity index (χ4n) is 3.33. The Morgan fingerprint density at radius 1 is 1.00 bits per heavy atom. The van der Waals surface area contributed by atoms with Crippen LogP contribution in [0.3, 0.4) is 0 Å². The van der Waals surface area contributed by atoms with Gasteiger partial charge in [0.25, 0.3) is 0 Å². The molecule has 3 heterocycles. The molecule has 0 unspecified atom stereocenters. The van der Waals surface area contributed by atoms with Crippen molar-refractivity contribution >= 4 is 16.7 Å². The number of morpholine rings is 1. The number of ether oxygens (including phenoxy) is 1. The summed E-state index contributed by atoms with van der Waals surface area (Å²) < 4.78 is 12.2. The van der Waals surface area contributed by atoms with Crippen molar-refractivity contribution in [3.8, 4) is 17.1 Å². The van der Waals surface area contributed by atoms with Crippen LogP contribution in [0, 0.1) is 0 Å². The van der Waals surface area contributed by atoms with Gasteiger partial charge >= 0.3 is 0 Å². The molecule has 5 rings (SSSR count). The second-order valence-electron chi connectivity index (χ2n) is 6.42. The molecule has 0 radical (unpaired) electrons. The Morgan fingerprint density at radius 3 is 2.61 bits per heavy atom. The zero-order valence-corrected chi connectivity index (χ0v) is 15.9. The fourth-order valence-corrected chi connectivity index (χ4v) is 4.09. The monoisotopic (exact) mass is 390 g/mol. The maximum atomic E-state index is 5.77. The first-order chi connectivity index (χ1) is 13.9. The first-order valence-electron chi connectivity index (χ1n) is 9.09. The van der Waals surface area contributed by atoms with Crippen molar-refractivity contribution in [2.45, 2.75) is 6.04 Å². The van der Waals surface area contributed by atoms with Crippen LogP contribution in [0.4, 0.5) is 5.13 Å². The lowest BCUT2D eigenvalue weighted by atomic mass is 10.2. The van der Waals surface area contributed by atoms with Gasteiger partial charge in [-0.1, -0.05) is 48.5 Å². The van der Waals surface area contributed by atoms with Crippen LogP contribution in [0.25, 0.3) is 17.1 Å². The third-order valence-electron chi connectivity index (χ3n) is 4.69. The second kappa shape index (κ2) is 7.49. The Balaban J connectivity index is 1.49. The zero-order chi connectivity index (χ0) is 18.8. The van der Waals surface area contributed by atoms with E-state index in [9.17, 15) is 0 Å². The molecular formula is C20H18N6OS. The number of para-hydroxylation sites is 1. The van der Waals surface area contributed by atoms with Gasteiger partial charge in [0.1, 0.15) is 12.4 Å². The highest BCUT2D eigenvalue weighted by molar-refractivity contribution is 7.09. The van der Waals surface area contributed by atoms with Crippen molar-refractivity contribution < 1.29 is 4.74 Å². The summed E-state index contributed by atoms with van der Waals surface area (Å²) in [6.07, 6.45) is 1.59. The second-order valence-corrected chi connectivity index (χ2v) is 7.15. The summed E-state index contributed by atoms with van der Waals surface area (Å²) in [5.74, 6) is 1.58. The van der Waals surface area contributed by atoms with Crippen molar-refractivity contribution in [3.63, 3.8) is 0 Å². The van der Waals surface area contributed by atoms with Crippen LogP contribution in [0.2, 0.25) is 0 Å². The van der Waals surface area contributed by atoms with E-state index in [0.717, 1.165) is 34.6 Å². The lowest BCUT2D eigenvalue weighted by Gasteiger charge is -2.34. The topological polar surface area (TPSA) is 69.0 Å². The highest BCUT2D eigenvalue weighted by atomic mass is 32.1. The molecule has 0 bridgehead atoms. The van der Waals surface area contributed by atoms with E-state index in [4.69, 9.17) is 9.72 Å². The van der Waals surface area contributed by atoms with Crippen molar-refractivity contribution in [3.05, 3.63) is 72.8 Å². The van der Waals surface area contributed by atoms with E-state index < -0.39 is 0 Å². The third-order valence-corrected chi connectivity index (χ3v) is 5.45. The van der Waals surface area contributed by atoms with Crippen LogP contribution in [0.5, 0.6) is 0 Å². The lowest BCUT2D eigenvalue weighted by Crippen LogP contribution is -2.41. The molecule has 1 aliphatic rings. The molecule has 0 aliphatic carbocycles. The summed E-state index contributed by atoms with van der Waals surface area (Å²) in [7, 11) is 0. The van der Waals surface area contributed by atoms with Crippen LogP contribution in [0.1, 0.15) is 11.9 Å². The van der Waals surface area contributed by atoms with E-state index in [1.807, 2.05) is 65.3 Å². The first kappa shape index (κ1) is 17.0. The minimum Gasteiger partial charge on any atom is -0.377 e. The molecule has 0 saturated carbocycles. The molecule has 0 N–H and O–H groups in total. The summed E-state index contributed by atoms with van der Waals surface area (Å²) in [5, 5.41) is 5.30. The fraction of sp³-hybridized carbons (Fsp3) is 0.200. The summed E-state index contributed by atoms with van der Waals surface area (Å²) in [6, 6.07) is 20.0. The Morgan fingerprint density at radius 2 is 1.79 bits per heavy atom. The van der Waals surface area contributed by atoms with Crippen molar-refractivity contribution in [2.24, 2.45) is 0 Å². The number of nitrogens with zero attached hydrogens (tertiary/aromatic N) is 6. The molecule has 1 saturated heterocycles. The zero-order valence-electron chi connectivity index (χ0n) is 15.0. The van der Waals surface area contributed by atoms with Gasteiger partial charge < -0.3 is 9.64 Å². The predicted molar refractivity (Wildman–Crippen MR) is 108 cm³/mol. The molecule has 2 aromatic carbocycles. The maximum absolute atomic E-state index is 5.77. The van der Waals surface area contributed by atoms with E-state index in [2.05, 4.69) is 19.4 Å². The molecule has 1 atom stereocenters. The molecule has 0 amide bonds. The van der Waals surface area contributed by atoms with Crippen molar-refractivity contribution in [1.82, 2.24) is 24.1 Å². The Labute approximate surface area is 166 Å². The summed E-state index contributed by atoms with van der Waals surface area (Å²) in [4.78, 5) is 11.5. The molecule has 28 heavy (non-hydrogen) atoms. The minimum absolute atomic E-state index is 0.0759. The van der Waals surface area contributed by atoms with Gasteiger partial charge in [0, 0.05) is 23.6 Å². The Kier molecular flexibility index (Phi) is 4.56. The van der Waals surface area contributed by atoms with Crippen LogP contribution >= 0.6 is 11.5 Å². The molecule has 4 aromatic rings. The molecular weight excluding hydrogens is 372 g/mol. The molecule has 0 spiro atoms. The quantitative estimate of drug-likeness (QED) is 0.532. The largest absolute Gasteiger partial charge is 0.377 e. The van der Waals surface area contributed by atoms with E-state index in [-0.39, 0.29) is 6.04 Å². The van der Waals surface area contributed by atoms with Crippen LogP contribution in [0.15, 0.2) is 67.0 Å². The molecule has 8 heteroatoms. The highest BCUT2D eigenvalue weighted by Gasteiger charge is 2.31. The van der Waals surface area contributed by atoms with E-state index in [1.54, 1.807) is 6.33 Å². The summed E-state index contributed by atoms with van der Waals surface area (Å²) in [5.41, 5.74) is 1.99. The normalized spacial score (nSPS) is 17.0. The molecule has 140 valence electrons. The van der Waals surface area contributed by atoms with Gasteiger partial charge in [0.05, 0.1) is 18.9 Å². The Hall–Kier alpha value is -3.10. The first-order valence-corrected chi connectivity index (χ1v) is 9.86. The van der Waals surface area contributed by atoms with E-state index in [0.29, 0.717) is 13.2 Å². The number of rotatable bonds is 4. The lowest BCUT2D eigenvalue weighted by molar-refractivity contribution is 0.0911. The molecule has 2 aromatic heterocycles. The molecule has 1 fully saturated rings. The van der Waals surface area contributed by atoms with Crippen molar-refractivity contribution in [1.29, 1.82) is 0 Å². The molecule has 7 nitrogen and oxygen atoms in total. The minimum atomic E-state index is -0.0759. The predicted octanol–water partition coefficient (Wildman–Crippen LogP) is 3.36. The number of anilines is 1. The SMILES string of the molecule is c1ccc(-c2nsc(N3CCOC[C@@H]3c3ncnn3-c3ccccc3)n2)cc1. The van der Waals surface area contributed by atoms with Crippen LogP contribution < -0.4 is 4.90 Å². The van der Waals surface area contributed by atoms with Gasteiger partial charge in [-0.05, 0) is 12.1 Å². The van der Waals surface area contributed by atoms with Crippen molar-refractivity contribution in [2.75, 3.05) is 24.7 Å². The summed E-state index contributed by atoms with van der Waals surface area (Å²) >= 11 is 1.41. The standard InChI is InChI=1S/C20H18N6OS/c1-3-7-15(8-4-1)18-23-20(28-24-18)25-11-12-27-13-17(25)19-21-14-22-26(19)16-9-5-2-6-10-16/h1-10,14,17H,11-13H2/t17-/m1/s1. The Bertz CT molecular complexity index is 1050. The average molecular weight is 390 g/mol. The van der Waals surface area contributed by atoms with E-state index in [1.165, 1.54) is 11.5 Å². The number of aromatic nitrogens is 5. The van der Waals surface area contributed by atoms with Gasteiger partial charge in [-0.25, -0.2) is 9.67 Å². The number of benzene rings is 2. The number of hydrogen-bond donors (Lipinski definition) is 0. The van der Waals surface area contributed by atoms with Gasteiger partial charge in [0.15, 0.2) is 11.6 Å². The van der Waals surface area contributed by atoms with Crippen LogP contribution in [-0.2, 0) is 4.74 Å². The van der Waals surface area contributed by atoms with Crippen LogP contribution in [-0.4, -0.2) is 43.9 Å². The number of hydrogen-bond acceptors (Lipinski definition) is 7. The summed E-state index contributed by atoms with van der Waals surface area (Å²) in [6.45, 7) is 1.91.